The van der Waals surface area contributed by atoms with Crippen molar-refractivity contribution in [2.45, 2.75) is 46.7 Å². The molecule has 8 nitrogen and oxygen atoms in total. The van der Waals surface area contributed by atoms with Crippen LogP contribution in [-0.2, 0) is 27.4 Å². The summed E-state index contributed by atoms with van der Waals surface area (Å²) >= 11 is 13.0. The highest BCUT2D eigenvalue weighted by Crippen LogP contribution is 2.38. The highest BCUT2D eigenvalue weighted by Gasteiger charge is 2.35. The Kier molecular flexibility index (Phi) is 9.15. The van der Waals surface area contributed by atoms with Crippen LogP contribution in [0.4, 0.5) is 5.82 Å². The van der Waals surface area contributed by atoms with Crippen molar-refractivity contribution in [3.05, 3.63) is 66.8 Å². The van der Waals surface area contributed by atoms with Crippen LogP contribution in [0.2, 0.25) is 5.02 Å². The van der Waals surface area contributed by atoms with Gasteiger partial charge in [0.1, 0.15) is 21.8 Å². The van der Waals surface area contributed by atoms with Crippen LogP contribution >= 0.6 is 35.6 Å². The Morgan fingerprint density at radius 1 is 1.31 bits per heavy atom. The van der Waals surface area contributed by atoms with Crippen LogP contribution in [0, 0.1) is 24.2 Å². The number of thiocarbonyl (C=S) groups is 1. The summed E-state index contributed by atoms with van der Waals surface area (Å²) in [5, 5.41) is 10.4. The number of esters is 1. The Balaban J connectivity index is 1.80. The number of aromatic nitrogens is 1. The number of piperidine rings is 1. The van der Waals surface area contributed by atoms with E-state index in [2.05, 4.69) is 0 Å². The van der Waals surface area contributed by atoms with E-state index in [-0.39, 0.29) is 29.9 Å². The molecule has 0 aliphatic carbocycles. The highest BCUT2D eigenvalue weighted by molar-refractivity contribution is 8.26. The lowest BCUT2D eigenvalue weighted by Gasteiger charge is -2.36. The SMILES string of the molecule is CCOC(=O)C1CCCN(c2c(/C=C3/SC(=S)N(Cc4ccccc4Cl)C3=O)c(C)c(C#N)c(=O)n2CC)C1. The zero-order valence-corrected chi connectivity index (χ0v) is 24.4. The molecule has 0 bridgehead atoms. The quantitative estimate of drug-likeness (QED) is 0.258. The van der Waals surface area contributed by atoms with E-state index in [0.29, 0.717) is 63.9 Å². The number of nitrogens with zero attached hydrogens (tertiary/aromatic N) is 4. The first kappa shape index (κ1) is 28.9. The summed E-state index contributed by atoms with van der Waals surface area (Å²) in [5.74, 6) is -0.285. The maximum atomic E-state index is 13.5. The number of benzene rings is 1. The lowest BCUT2D eigenvalue weighted by molar-refractivity contribution is -0.148. The van der Waals surface area contributed by atoms with Crippen molar-refractivity contribution in [2.24, 2.45) is 5.92 Å². The Morgan fingerprint density at radius 3 is 2.72 bits per heavy atom. The third-order valence-electron chi connectivity index (χ3n) is 6.94. The maximum Gasteiger partial charge on any atom is 0.310 e. The number of halogens is 1. The second kappa shape index (κ2) is 12.4. The van der Waals surface area contributed by atoms with Crippen LogP contribution in [0.5, 0.6) is 0 Å². The van der Waals surface area contributed by atoms with E-state index in [1.54, 1.807) is 30.6 Å². The first-order valence-corrected chi connectivity index (χ1v) is 14.4. The van der Waals surface area contributed by atoms with Crippen LogP contribution in [-0.4, -0.2) is 45.4 Å². The van der Waals surface area contributed by atoms with Gasteiger partial charge in [0.25, 0.3) is 11.5 Å². The van der Waals surface area contributed by atoms with E-state index in [9.17, 15) is 19.6 Å². The fourth-order valence-electron chi connectivity index (χ4n) is 4.96. The molecule has 4 rings (SSSR count). The first-order chi connectivity index (χ1) is 18.7. The molecule has 11 heteroatoms. The Bertz CT molecular complexity index is 1460. The van der Waals surface area contributed by atoms with E-state index in [1.165, 1.54) is 16.7 Å². The van der Waals surface area contributed by atoms with E-state index < -0.39 is 5.56 Å². The summed E-state index contributed by atoms with van der Waals surface area (Å²) in [6.45, 7) is 7.17. The van der Waals surface area contributed by atoms with Gasteiger partial charge in [0.2, 0.25) is 0 Å². The van der Waals surface area contributed by atoms with Gasteiger partial charge < -0.3 is 9.64 Å². The van der Waals surface area contributed by atoms with Crippen molar-refractivity contribution in [3.63, 3.8) is 0 Å². The van der Waals surface area contributed by atoms with Crippen molar-refractivity contribution in [1.29, 1.82) is 5.26 Å². The lowest BCUT2D eigenvalue weighted by Crippen LogP contribution is -2.43. The number of amides is 1. The van der Waals surface area contributed by atoms with Crippen LogP contribution in [0.3, 0.4) is 0 Å². The molecule has 0 radical (unpaired) electrons. The molecule has 2 aliphatic rings. The summed E-state index contributed by atoms with van der Waals surface area (Å²) in [4.78, 5) is 43.3. The average molecular weight is 585 g/mol. The van der Waals surface area contributed by atoms with Gasteiger partial charge in [-0.25, -0.2) is 0 Å². The molecule has 1 aromatic heterocycles. The molecule has 204 valence electrons. The van der Waals surface area contributed by atoms with E-state index in [4.69, 9.17) is 28.6 Å². The smallest absolute Gasteiger partial charge is 0.310 e. The molecule has 1 amide bonds. The minimum absolute atomic E-state index is 0.0253. The predicted octanol–water partition coefficient (Wildman–Crippen LogP) is 4.88. The largest absolute Gasteiger partial charge is 0.466 e. The number of carbonyl (C=O) groups is 2. The van der Waals surface area contributed by atoms with Crippen molar-refractivity contribution < 1.29 is 14.3 Å². The van der Waals surface area contributed by atoms with Crippen LogP contribution in [0.1, 0.15) is 48.9 Å². The fourth-order valence-corrected chi connectivity index (χ4v) is 6.40. The zero-order chi connectivity index (χ0) is 28.3. The Morgan fingerprint density at radius 2 is 2.05 bits per heavy atom. The number of pyridine rings is 1. The van der Waals surface area contributed by atoms with Gasteiger partial charge in [-0.05, 0) is 56.9 Å². The molecule has 1 atom stereocenters. The van der Waals surface area contributed by atoms with Crippen molar-refractivity contribution in [1.82, 2.24) is 9.47 Å². The van der Waals surface area contributed by atoms with E-state index in [0.717, 1.165) is 12.0 Å². The number of ether oxygens (including phenoxy) is 1. The summed E-state index contributed by atoms with van der Waals surface area (Å²) in [5.41, 5.74) is 1.48. The molecule has 3 heterocycles. The maximum absolute atomic E-state index is 13.5. The molecule has 39 heavy (non-hydrogen) atoms. The van der Waals surface area contributed by atoms with Gasteiger partial charge in [-0.1, -0.05) is 53.8 Å². The minimum Gasteiger partial charge on any atom is -0.466 e. The fraction of sp³-hybridized carbons (Fsp3) is 0.393. The molecule has 2 aliphatic heterocycles. The van der Waals surface area contributed by atoms with Crippen LogP contribution in [0.25, 0.3) is 6.08 Å². The van der Waals surface area contributed by atoms with E-state index in [1.807, 2.05) is 36.1 Å². The Hall–Kier alpha value is -3.13. The Labute approximate surface area is 242 Å². The number of anilines is 1. The standard InChI is InChI=1S/C28H29ClN4O4S2/c1-4-32-24(31-12-8-10-19(15-31)27(36)37-5-2)20(17(3)21(14-30)25(32)34)13-23-26(35)33(28(38)39-23)16-18-9-6-7-11-22(18)29/h6-7,9,11,13,19H,4-5,8,10,12,15-16H2,1-3H3/b23-13+. The summed E-state index contributed by atoms with van der Waals surface area (Å²) in [6.07, 6.45) is 3.15. The molecular weight excluding hydrogens is 556 g/mol. The molecule has 1 unspecified atom stereocenters. The summed E-state index contributed by atoms with van der Waals surface area (Å²) in [6, 6.07) is 9.33. The van der Waals surface area contributed by atoms with Gasteiger partial charge in [-0.15, -0.1) is 0 Å². The topological polar surface area (TPSA) is 95.6 Å². The van der Waals surface area contributed by atoms with Crippen molar-refractivity contribution in [3.8, 4) is 6.07 Å². The van der Waals surface area contributed by atoms with E-state index >= 15 is 0 Å². The zero-order valence-electron chi connectivity index (χ0n) is 22.0. The molecule has 2 fully saturated rings. The molecule has 0 spiro atoms. The summed E-state index contributed by atoms with van der Waals surface area (Å²) in [7, 11) is 0. The first-order valence-electron chi connectivity index (χ1n) is 12.8. The minimum atomic E-state index is -0.394. The summed E-state index contributed by atoms with van der Waals surface area (Å²) < 4.78 is 7.22. The van der Waals surface area contributed by atoms with Gasteiger partial charge in [0.15, 0.2) is 0 Å². The number of hydrogen-bond acceptors (Lipinski definition) is 8. The number of hydrogen-bond donors (Lipinski definition) is 0. The average Bonchev–Trinajstić information content (AvgIpc) is 3.19. The van der Waals surface area contributed by atoms with Crippen molar-refractivity contribution >= 4 is 63.7 Å². The number of nitriles is 1. The predicted molar refractivity (Wildman–Crippen MR) is 158 cm³/mol. The monoisotopic (exact) mass is 584 g/mol. The van der Waals surface area contributed by atoms with Crippen LogP contribution < -0.4 is 10.5 Å². The second-order valence-electron chi connectivity index (χ2n) is 9.29. The lowest BCUT2D eigenvalue weighted by atomic mass is 9.96. The van der Waals surface area contributed by atoms with Gasteiger partial charge in [-0.3, -0.25) is 23.9 Å². The molecule has 0 saturated carbocycles. The van der Waals surface area contributed by atoms with Gasteiger partial charge in [0, 0.05) is 30.2 Å². The van der Waals surface area contributed by atoms with Crippen molar-refractivity contribution in [2.75, 3.05) is 24.6 Å². The normalized spacial score (nSPS) is 18.5. The highest BCUT2D eigenvalue weighted by atomic mass is 35.5. The molecule has 2 aromatic rings. The van der Waals surface area contributed by atoms with Crippen LogP contribution in [0.15, 0.2) is 34.0 Å². The molecule has 2 saturated heterocycles. The van der Waals surface area contributed by atoms with Gasteiger partial charge >= 0.3 is 5.97 Å². The third kappa shape index (κ3) is 5.76. The second-order valence-corrected chi connectivity index (χ2v) is 11.4. The molecule has 0 N–H and O–H groups in total. The third-order valence-corrected chi connectivity index (χ3v) is 8.69. The van der Waals surface area contributed by atoms with Gasteiger partial charge in [0.05, 0.1) is 24.0 Å². The molecule has 1 aromatic carbocycles. The number of thioether (sulfide) groups is 1. The number of rotatable bonds is 7. The molecular formula is C28H29ClN4O4S2. The number of carbonyl (C=O) groups excluding carboxylic acids is 2. The van der Waals surface area contributed by atoms with Gasteiger partial charge in [-0.2, -0.15) is 5.26 Å².